The lowest BCUT2D eigenvalue weighted by atomic mass is 9.92. The summed E-state index contributed by atoms with van der Waals surface area (Å²) in [5, 5.41) is 5.59. The first-order valence-electron chi connectivity index (χ1n) is 12.0. The number of carbonyl (C=O) groups excluding carboxylic acids is 4. The first kappa shape index (κ1) is 23.4. The van der Waals surface area contributed by atoms with Gasteiger partial charge in [0.1, 0.15) is 18.4 Å². The summed E-state index contributed by atoms with van der Waals surface area (Å²) in [5.74, 6) is -0.457. The maximum atomic E-state index is 13.3. The molecule has 3 fully saturated rings. The number of aldehydes is 1. The lowest BCUT2D eigenvalue weighted by molar-refractivity contribution is -0.149. The number of nitrogens with zero attached hydrogens (tertiary/aromatic N) is 1. The van der Waals surface area contributed by atoms with Crippen molar-refractivity contribution in [2.75, 3.05) is 13.1 Å². The Labute approximate surface area is 194 Å². The zero-order valence-electron chi connectivity index (χ0n) is 19.1. The fraction of sp³-hybridized carbons (Fsp3) is 0.600. The predicted octanol–water partition coefficient (Wildman–Crippen LogP) is 1.43. The van der Waals surface area contributed by atoms with E-state index in [-0.39, 0.29) is 36.0 Å². The Balaban J connectivity index is 1.41. The second-order valence-corrected chi connectivity index (χ2v) is 9.49. The van der Waals surface area contributed by atoms with Crippen LogP contribution in [0.4, 0.5) is 0 Å². The van der Waals surface area contributed by atoms with Crippen LogP contribution in [0.15, 0.2) is 30.3 Å². The van der Waals surface area contributed by atoms with Gasteiger partial charge in [-0.2, -0.15) is 0 Å². The van der Waals surface area contributed by atoms with E-state index in [1.54, 1.807) is 11.8 Å². The van der Waals surface area contributed by atoms with Gasteiger partial charge in [0.15, 0.2) is 0 Å². The fourth-order valence-corrected chi connectivity index (χ4v) is 5.56. The average Bonchev–Trinajstić information content (AvgIpc) is 3.53. The molecule has 1 aliphatic carbocycles. The second-order valence-electron chi connectivity index (χ2n) is 9.49. The minimum Gasteiger partial charge on any atom is -0.364 e. The van der Waals surface area contributed by atoms with Crippen molar-refractivity contribution < 1.29 is 23.9 Å². The van der Waals surface area contributed by atoms with Crippen molar-refractivity contribution in [2.24, 2.45) is 17.8 Å². The summed E-state index contributed by atoms with van der Waals surface area (Å²) in [6.45, 7) is 3.18. The zero-order valence-corrected chi connectivity index (χ0v) is 19.1. The molecule has 0 spiro atoms. The van der Waals surface area contributed by atoms with Gasteiger partial charge >= 0.3 is 0 Å². The van der Waals surface area contributed by atoms with Crippen molar-refractivity contribution >= 4 is 24.0 Å². The molecular formula is C25H33N3O5. The lowest BCUT2D eigenvalue weighted by Crippen LogP contribution is -2.53. The Hall–Kier alpha value is -2.74. The molecule has 1 aromatic rings. The maximum absolute atomic E-state index is 13.3. The third kappa shape index (κ3) is 5.27. The van der Waals surface area contributed by atoms with Crippen LogP contribution in [0.2, 0.25) is 0 Å². The first-order chi connectivity index (χ1) is 16.0. The van der Waals surface area contributed by atoms with E-state index in [0.717, 1.165) is 24.8 Å². The molecule has 0 radical (unpaired) electrons. The molecule has 0 aromatic heterocycles. The highest BCUT2D eigenvalue weighted by molar-refractivity contribution is 5.91. The number of nitrogens with one attached hydrogen (secondary N) is 2. The molecule has 178 valence electrons. The number of fused-ring (bicyclic) bond motifs is 1. The van der Waals surface area contributed by atoms with E-state index in [4.69, 9.17) is 4.74 Å². The van der Waals surface area contributed by atoms with Gasteiger partial charge in [-0.15, -0.1) is 0 Å². The third-order valence-electron chi connectivity index (χ3n) is 7.33. The molecule has 2 N–H and O–H groups in total. The van der Waals surface area contributed by atoms with Gasteiger partial charge in [-0.1, -0.05) is 36.8 Å². The zero-order chi connectivity index (χ0) is 23.4. The van der Waals surface area contributed by atoms with E-state index in [9.17, 15) is 19.2 Å². The topological polar surface area (TPSA) is 105 Å². The number of ether oxygens (including phenoxy) is 1. The van der Waals surface area contributed by atoms with Crippen LogP contribution in [0.25, 0.3) is 0 Å². The molecule has 1 unspecified atom stereocenters. The molecule has 0 bridgehead atoms. The molecule has 2 aliphatic heterocycles. The van der Waals surface area contributed by atoms with Crippen molar-refractivity contribution in [3.63, 3.8) is 0 Å². The summed E-state index contributed by atoms with van der Waals surface area (Å²) in [6.07, 6.45) is 3.89. The number of carbonyl (C=O) groups is 4. The molecule has 1 saturated carbocycles. The second kappa shape index (κ2) is 10.5. The Morgan fingerprint density at radius 1 is 1.24 bits per heavy atom. The quantitative estimate of drug-likeness (QED) is 0.548. The molecule has 8 heteroatoms. The molecule has 8 nitrogen and oxygen atoms in total. The molecular weight excluding hydrogens is 422 g/mol. The number of amides is 3. The van der Waals surface area contributed by atoms with E-state index < -0.39 is 18.2 Å². The number of rotatable bonds is 9. The highest BCUT2D eigenvalue weighted by atomic mass is 16.5. The van der Waals surface area contributed by atoms with Crippen molar-refractivity contribution in [3.8, 4) is 0 Å². The van der Waals surface area contributed by atoms with E-state index in [0.29, 0.717) is 38.3 Å². The van der Waals surface area contributed by atoms with Gasteiger partial charge in [0.25, 0.3) is 5.91 Å². The summed E-state index contributed by atoms with van der Waals surface area (Å²) in [6, 6.07) is 8.31. The molecule has 6 atom stereocenters. The van der Waals surface area contributed by atoms with Gasteiger partial charge in [0.05, 0.1) is 12.6 Å². The van der Waals surface area contributed by atoms with Gasteiger partial charge < -0.3 is 25.1 Å². The third-order valence-corrected chi connectivity index (χ3v) is 7.33. The standard InChI is InChI=1S/C25H33N3O5/c1-16(33-15-17-6-3-2-4-7-17)25(32)28-13-19-8-5-9-21(19)22(28)24(31)27-20(14-29)12-18-10-11-26-23(18)30/h2-4,6-7,14,16,18-22H,5,8-13,15H2,1H3,(H,26,30)(H,27,31)/t16-,18-,19-,20-,21-,22?/m0/s1. The summed E-state index contributed by atoms with van der Waals surface area (Å²) in [4.78, 5) is 51.8. The minimum atomic E-state index is -0.740. The number of benzene rings is 1. The summed E-state index contributed by atoms with van der Waals surface area (Å²) < 4.78 is 5.83. The Kier molecular flexibility index (Phi) is 7.42. The van der Waals surface area contributed by atoms with Crippen molar-refractivity contribution in [1.82, 2.24) is 15.5 Å². The predicted molar refractivity (Wildman–Crippen MR) is 121 cm³/mol. The molecule has 4 rings (SSSR count). The van der Waals surface area contributed by atoms with E-state index in [2.05, 4.69) is 10.6 Å². The summed E-state index contributed by atoms with van der Waals surface area (Å²) in [7, 11) is 0. The van der Waals surface area contributed by atoms with Gasteiger partial charge in [-0.05, 0) is 50.0 Å². The smallest absolute Gasteiger partial charge is 0.252 e. The fourth-order valence-electron chi connectivity index (χ4n) is 5.56. The normalized spacial score (nSPS) is 28.2. The Morgan fingerprint density at radius 3 is 2.73 bits per heavy atom. The largest absolute Gasteiger partial charge is 0.364 e. The van der Waals surface area contributed by atoms with Crippen LogP contribution in [-0.4, -0.2) is 60.2 Å². The molecule has 2 saturated heterocycles. The Bertz CT molecular complexity index is 876. The van der Waals surface area contributed by atoms with Crippen LogP contribution in [0.1, 0.15) is 44.6 Å². The number of hydrogen-bond donors (Lipinski definition) is 2. The molecule has 2 heterocycles. The van der Waals surface area contributed by atoms with E-state index in [1.807, 2.05) is 30.3 Å². The number of hydrogen-bond acceptors (Lipinski definition) is 5. The van der Waals surface area contributed by atoms with E-state index >= 15 is 0 Å². The van der Waals surface area contributed by atoms with Crippen LogP contribution in [-0.2, 0) is 30.5 Å². The monoisotopic (exact) mass is 455 g/mol. The highest BCUT2D eigenvalue weighted by Gasteiger charge is 2.50. The highest BCUT2D eigenvalue weighted by Crippen LogP contribution is 2.42. The molecule has 33 heavy (non-hydrogen) atoms. The van der Waals surface area contributed by atoms with Crippen LogP contribution >= 0.6 is 0 Å². The van der Waals surface area contributed by atoms with E-state index in [1.165, 1.54) is 0 Å². The molecule has 1 aromatic carbocycles. The van der Waals surface area contributed by atoms with Gasteiger partial charge in [-0.3, -0.25) is 14.4 Å². The first-order valence-corrected chi connectivity index (χ1v) is 12.0. The van der Waals surface area contributed by atoms with Crippen molar-refractivity contribution in [1.29, 1.82) is 0 Å². The van der Waals surface area contributed by atoms with Crippen LogP contribution in [0.3, 0.4) is 0 Å². The average molecular weight is 456 g/mol. The maximum Gasteiger partial charge on any atom is 0.252 e. The van der Waals surface area contributed by atoms with Crippen LogP contribution < -0.4 is 10.6 Å². The summed E-state index contributed by atoms with van der Waals surface area (Å²) >= 11 is 0. The van der Waals surface area contributed by atoms with Gasteiger partial charge in [0.2, 0.25) is 11.8 Å². The van der Waals surface area contributed by atoms with Crippen molar-refractivity contribution in [3.05, 3.63) is 35.9 Å². The molecule has 3 amide bonds. The Morgan fingerprint density at radius 2 is 2.03 bits per heavy atom. The number of likely N-dealkylation sites (tertiary alicyclic amines) is 1. The van der Waals surface area contributed by atoms with Crippen LogP contribution in [0, 0.1) is 17.8 Å². The van der Waals surface area contributed by atoms with Gasteiger partial charge in [-0.25, -0.2) is 0 Å². The molecule has 3 aliphatic rings. The SMILES string of the molecule is C[C@H](OCc1ccccc1)C(=O)N1C[C@@H]2CCC[C@@H]2C1C(=O)N[C@H](C=O)C[C@@H]1CCNC1=O. The minimum absolute atomic E-state index is 0.0750. The van der Waals surface area contributed by atoms with Crippen molar-refractivity contribution in [2.45, 2.75) is 63.8 Å². The van der Waals surface area contributed by atoms with Crippen LogP contribution in [0.5, 0.6) is 0 Å². The summed E-state index contributed by atoms with van der Waals surface area (Å²) in [5.41, 5.74) is 0.981. The lowest BCUT2D eigenvalue weighted by Gasteiger charge is -2.30. The van der Waals surface area contributed by atoms with Gasteiger partial charge in [0, 0.05) is 19.0 Å².